The van der Waals surface area contributed by atoms with Gasteiger partial charge in [-0.15, -0.1) is 11.3 Å². The van der Waals surface area contributed by atoms with Gasteiger partial charge < -0.3 is 4.90 Å². The Morgan fingerprint density at radius 2 is 2.07 bits per heavy atom. The molecule has 0 N–H and O–H groups in total. The molecule has 1 aromatic heterocycles. The van der Waals surface area contributed by atoms with Crippen molar-refractivity contribution in [1.82, 2.24) is 4.98 Å². The third-order valence-electron chi connectivity index (χ3n) is 2.32. The summed E-state index contributed by atoms with van der Waals surface area (Å²) in [4.78, 5) is 6.20. The van der Waals surface area contributed by atoms with Crippen LogP contribution in [0, 0.1) is 0 Å². The lowest BCUT2D eigenvalue weighted by Crippen LogP contribution is -2.30. The first-order valence-corrected chi connectivity index (χ1v) is 5.33. The minimum Gasteiger partial charge on any atom is -0.347 e. The maximum absolute atomic E-state index is 12.2. The lowest BCUT2D eigenvalue weighted by Gasteiger charge is -2.27. The number of anilines is 1. The molecule has 1 fully saturated rings. The fourth-order valence-corrected chi connectivity index (χ4v) is 2.23. The summed E-state index contributed by atoms with van der Waals surface area (Å²) in [7, 11) is 0. The fourth-order valence-electron chi connectivity index (χ4n) is 1.53. The van der Waals surface area contributed by atoms with Gasteiger partial charge in [-0.3, -0.25) is 0 Å². The molecular formula is C9H10F2N2S. The quantitative estimate of drug-likeness (QED) is 0.717. The lowest BCUT2D eigenvalue weighted by molar-refractivity contribution is 0.399. The second kappa shape index (κ2) is 4.04. The molecule has 0 bridgehead atoms. The van der Waals surface area contributed by atoms with Gasteiger partial charge in [0.1, 0.15) is 0 Å². The smallest absolute Gasteiger partial charge is 0.269 e. The molecule has 0 amide bonds. The van der Waals surface area contributed by atoms with Crippen LogP contribution in [0.15, 0.2) is 23.2 Å². The Morgan fingerprint density at radius 3 is 2.57 bits per heavy atom. The first kappa shape index (κ1) is 9.58. The monoisotopic (exact) mass is 216 g/mol. The molecule has 2 heterocycles. The first-order valence-electron chi connectivity index (χ1n) is 4.45. The van der Waals surface area contributed by atoms with Crippen LogP contribution in [-0.4, -0.2) is 18.1 Å². The zero-order chi connectivity index (χ0) is 9.97. The largest absolute Gasteiger partial charge is 0.347 e. The Hall–Kier alpha value is -0.970. The molecule has 1 saturated heterocycles. The highest BCUT2D eigenvalue weighted by atomic mass is 32.1. The van der Waals surface area contributed by atoms with Crippen LogP contribution >= 0.6 is 11.3 Å². The number of hydrogen-bond donors (Lipinski definition) is 0. The van der Waals surface area contributed by atoms with Crippen molar-refractivity contribution in [2.24, 2.45) is 0 Å². The molecule has 14 heavy (non-hydrogen) atoms. The number of thiazole rings is 1. The molecule has 0 unspecified atom stereocenters. The van der Waals surface area contributed by atoms with Crippen LogP contribution in [0.25, 0.3) is 0 Å². The molecule has 76 valence electrons. The standard InChI is InChI=1S/C9H10F2N2S/c10-8(11)7-1-4-13(5-2-7)9-12-3-6-14-9/h3,6H,1-2,4-5H2. The van der Waals surface area contributed by atoms with E-state index < -0.39 is 6.08 Å². The van der Waals surface area contributed by atoms with Gasteiger partial charge in [0.05, 0.1) is 0 Å². The fraction of sp³-hybridized carbons (Fsp3) is 0.444. The number of halogens is 2. The maximum atomic E-state index is 12.2. The Morgan fingerprint density at radius 1 is 1.36 bits per heavy atom. The van der Waals surface area contributed by atoms with Gasteiger partial charge in [0, 0.05) is 24.7 Å². The van der Waals surface area contributed by atoms with Crippen molar-refractivity contribution in [2.75, 3.05) is 18.0 Å². The predicted octanol–water partition coefficient (Wildman–Crippen LogP) is 2.89. The number of aromatic nitrogens is 1. The summed E-state index contributed by atoms with van der Waals surface area (Å²) in [5.41, 5.74) is 0.304. The molecule has 1 aromatic rings. The Bertz CT molecular complexity index is 321. The van der Waals surface area contributed by atoms with E-state index in [1.807, 2.05) is 5.38 Å². The van der Waals surface area contributed by atoms with Gasteiger partial charge in [-0.25, -0.2) is 4.98 Å². The van der Waals surface area contributed by atoms with Crippen LogP contribution in [0.4, 0.5) is 13.9 Å². The van der Waals surface area contributed by atoms with Crippen LogP contribution in [-0.2, 0) is 0 Å². The molecule has 1 aliphatic rings. The van der Waals surface area contributed by atoms with Crippen molar-refractivity contribution in [3.63, 3.8) is 0 Å². The average molecular weight is 216 g/mol. The van der Waals surface area contributed by atoms with E-state index in [1.165, 1.54) is 0 Å². The number of piperidine rings is 1. The molecule has 5 heteroatoms. The van der Waals surface area contributed by atoms with E-state index in [1.54, 1.807) is 17.5 Å². The third kappa shape index (κ3) is 1.92. The van der Waals surface area contributed by atoms with Gasteiger partial charge in [-0.1, -0.05) is 0 Å². The van der Waals surface area contributed by atoms with Gasteiger partial charge in [0.2, 0.25) is 0 Å². The SMILES string of the molecule is FC(F)=C1CCN(c2nccs2)CC1. The van der Waals surface area contributed by atoms with Gasteiger partial charge in [0.25, 0.3) is 6.08 Å². The zero-order valence-corrected chi connectivity index (χ0v) is 8.36. The molecule has 0 saturated carbocycles. The summed E-state index contributed by atoms with van der Waals surface area (Å²) < 4.78 is 24.5. The number of hydrogen-bond acceptors (Lipinski definition) is 3. The van der Waals surface area contributed by atoms with Crippen molar-refractivity contribution in [2.45, 2.75) is 12.8 Å². The second-order valence-corrected chi connectivity index (χ2v) is 4.04. The molecule has 0 aromatic carbocycles. The number of rotatable bonds is 1. The maximum Gasteiger partial charge on any atom is 0.269 e. The molecule has 0 radical (unpaired) electrons. The Labute approximate surface area is 84.9 Å². The summed E-state index contributed by atoms with van der Waals surface area (Å²) >= 11 is 1.55. The predicted molar refractivity (Wildman–Crippen MR) is 52.8 cm³/mol. The van der Waals surface area contributed by atoms with Crippen molar-refractivity contribution in [1.29, 1.82) is 0 Å². The summed E-state index contributed by atoms with van der Waals surface area (Å²) in [5, 5.41) is 2.83. The van der Waals surface area contributed by atoms with Crippen LogP contribution in [0.5, 0.6) is 0 Å². The van der Waals surface area contributed by atoms with Crippen LogP contribution in [0.2, 0.25) is 0 Å². The summed E-state index contributed by atoms with van der Waals surface area (Å²) in [6, 6.07) is 0. The molecule has 0 aliphatic carbocycles. The van der Waals surface area contributed by atoms with E-state index in [0.717, 1.165) is 5.13 Å². The van der Waals surface area contributed by atoms with Crippen LogP contribution in [0.3, 0.4) is 0 Å². The highest BCUT2D eigenvalue weighted by Gasteiger charge is 2.18. The Kier molecular flexibility index (Phi) is 2.77. The highest BCUT2D eigenvalue weighted by Crippen LogP contribution is 2.26. The van der Waals surface area contributed by atoms with E-state index in [4.69, 9.17) is 0 Å². The zero-order valence-electron chi connectivity index (χ0n) is 7.54. The van der Waals surface area contributed by atoms with E-state index in [0.29, 0.717) is 31.5 Å². The Balaban J connectivity index is 2.00. The van der Waals surface area contributed by atoms with Gasteiger partial charge >= 0.3 is 0 Å². The van der Waals surface area contributed by atoms with Crippen LogP contribution < -0.4 is 4.90 Å². The first-order chi connectivity index (χ1) is 6.77. The van der Waals surface area contributed by atoms with Gasteiger partial charge in [-0.2, -0.15) is 8.78 Å². The minimum absolute atomic E-state index is 0.304. The highest BCUT2D eigenvalue weighted by molar-refractivity contribution is 7.13. The summed E-state index contributed by atoms with van der Waals surface area (Å²) in [5.74, 6) is 0. The summed E-state index contributed by atoms with van der Waals surface area (Å²) in [6.45, 7) is 1.31. The minimum atomic E-state index is -1.50. The molecule has 0 spiro atoms. The van der Waals surface area contributed by atoms with Crippen molar-refractivity contribution in [3.05, 3.63) is 23.2 Å². The van der Waals surface area contributed by atoms with E-state index in [2.05, 4.69) is 9.88 Å². The van der Waals surface area contributed by atoms with E-state index in [-0.39, 0.29) is 0 Å². The van der Waals surface area contributed by atoms with Crippen molar-refractivity contribution < 1.29 is 8.78 Å². The lowest BCUT2D eigenvalue weighted by atomic mass is 10.1. The van der Waals surface area contributed by atoms with E-state index >= 15 is 0 Å². The molecule has 0 atom stereocenters. The molecule has 2 nitrogen and oxygen atoms in total. The third-order valence-corrected chi connectivity index (χ3v) is 3.16. The molecular weight excluding hydrogens is 206 g/mol. The number of nitrogens with zero attached hydrogens (tertiary/aromatic N) is 2. The van der Waals surface area contributed by atoms with Crippen molar-refractivity contribution >= 4 is 16.5 Å². The molecule has 1 aliphatic heterocycles. The summed E-state index contributed by atoms with van der Waals surface area (Å²) in [6.07, 6.45) is 1.16. The van der Waals surface area contributed by atoms with Gasteiger partial charge in [0.15, 0.2) is 5.13 Å². The normalized spacial score (nSPS) is 17.3. The average Bonchev–Trinajstić information content (AvgIpc) is 2.71. The van der Waals surface area contributed by atoms with Crippen LogP contribution in [0.1, 0.15) is 12.8 Å². The van der Waals surface area contributed by atoms with Gasteiger partial charge in [-0.05, 0) is 18.4 Å². The second-order valence-electron chi connectivity index (χ2n) is 3.17. The topological polar surface area (TPSA) is 16.1 Å². The van der Waals surface area contributed by atoms with E-state index in [9.17, 15) is 8.78 Å². The molecule has 2 rings (SSSR count). The van der Waals surface area contributed by atoms with Crippen molar-refractivity contribution in [3.8, 4) is 0 Å².